The van der Waals surface area contributed by atoms with Crippen LogP contribution in [0.1, 0.15) is 26.0 Å². The Labute approximate surface area is 101 Å². The first kappa shape index (κ1) is 12.1. The maximum Gasteiger partial charge on any atom is 0.134 e. The van der Waals surface area contributed by atoms with Crippen LogP contribution in [0.2, 0.25) is 0 Å². The topological polar surface area (TPSA) is 45.4 Å². The lowest BCUT2D eigenvalue weighted by molar-refractivity contribution is 0.166. The highest BCUT2D eigenvalue weighted by Gasteiger charge is 2.20. The fourth-order valence-corrected chi connectivity index (χ4v) is 1.72. The molecule has 2 aromatic rings. The number of rotatable bonds is 5. The number of aliphatic hydroxyl groups is 1. The average Bonchev–Trinajstić information content (AvgIpc) is 2.79. The number of furan rings is 1. The van der Waals surface area contributed by atoms with Crippen molar-refractivity contribution in [3.8, 4) is 0 Å². The van der Waals surface area contributed by atoms with E-state index in [1.54, 1.807) is 0 Å². The zero-order valence-electron chi connectivity index (χ0n) is 10.4. The molecule has 0 saturated carbocycles. The fraction of sp³-hybridized carbons (Fsp3) is 0.429. The number of benzene rings is 1. The van der Waals surface area contributed by atoms with Crippen LogP contribution in [-0.4, -0.2) is 17.3 Å². The van der Waals surface area contributed by atoms with Gasteiger partial charge < -0.3 is 14.8 Å². The van der Waals surface area contributed by atoms with Crippen LogP contribution in [0.5, 0.6) is 0 Å². The Morgan fingerprint density at radius 2 is 2.12 bits per heavy atom. The van der Waals surface area contributed by atoms with Crippen molar-refractivity contribution in [3.05, 3.63) is 36.1 Å². The summed E-state index contributed by atoms with van der Waals surface area (Å²) in [5.74, 6) is 0.902. The molecule has 0 aliphatic carbocycles. The smallest absolute Gasteiger partial charge is 0.134 e. The first-order valence-electron chi connectivity index (χ1n) is 6.00. The van der Waals surface area contributed by atoms with Gasteiger partial charge in [0.2, 0.25) is 0 Å². The van der Waals surface area contributed by atoms with Crippen LogP contribution in [0.3, 0.4) is 0 Å². The van der Waals surface area contributed by atoms with Crippen LogP contribution in [0, 0.1) is 0 Å². The predicted octanol–water partition coefficient (Wildman–Crippen LogP) is 2.68. The second kappa shape index (κ2) is 4.90. The minimum atomic E-state index is -0.237. The van der Waals surface area contributed by atoms with E-state index < -0.39 is 0 Å². The molecule has 0 spiro atoms. The fourth-order valence-electron chi connectivity index (χ4n) is 1.72. The molecule has 1 unspecified atom stereocenters. The van der Waals surface area contributed by atoms with Gasteiger partial charge in [0.15, 0.2) is 0 Å². The molecule has 17 heavy (non-hydrogen) atoms. The predicted molar refractivity (Wildman–Crippen MR) is 68.8 cm³/mol. The zero-order valence-corrected chi connectivity index (χ0v) is 10.4. The highest BCUT2D eigenvalue weighted by molar-refractivity contribution is 5.77. The quantitative estimate of drug-likeness (QED) is 0.834. The van der Waals surface area contributed by atoms with E-state index in [-0.39, 0.29) is 12.1 Å². The van der Waals surface area contributed by atoms with E-state index >= 15 is 0 Å². The van der Waals surface area contributed by atoms with E-state index in [0.29, 0.717) is 6.54 Å². The molecule has 0 aliphatic rings. The SMILES string of the molecule is CCC(C)(CO)NCc1cc2ccccc2o1. The van der Waals surface area contributed by atoms with Gasteiger partial charge >= 0.3 is 0 Å². The number of hydrogen-bond acceptors (Lipinski definition) is 3. The number of nitrogens with one attached hydrogen (secondary N) is 1. The van der Waals surface area contributed by atoms with Gasteiger partial charge in [0.25, 0.3) is 0 Å². The Morgan fingerprint density at radius 1 is 1.35 bits per heavy atom. The molecule has 0 saturated heterocycles. The molecule has 0 radical (unpaired) electrons. The van der Waals surface area contributed by atoms with Crippen molar-refractivity contribution in [1.82, 2.24) is 5.32 Å². The standard InChI is InChI=1S/C14H19NO2/c1-3-14(2,10-16)15-9-12-8-11-6-4-5-7-13(11)17-12/h4-8,15-16H,3,9-10H2,1-2H3. The summed E-state index contributed by atoms with van der Waals surface area (Å²) in [7, 11) is 0. The molecule has 3 nitrogen and oxygen atoms in total. The third kappa shape index (κ3) is 2.68. The molecule has 1 aromatic carbocycles. The molecular formula is C14H19NO2. The molecule has 0 aliphatic heterocycles. The van der Waals surface area contributed by atoms with Crippen LogP contribution in [0.25, 0.3) is 11.0 Å². The minimum absolute atomic E-state index is 0.129. The molecule has 0 bridgehead atoms. The maximum absolute atomic E-state index is 9.31. The molecule has 1 atom stereocenters. The normalized spacial score (nSPS) is 15.0. The van der Waals surface area contributed by atoms with E-state index in [0.717, 1.165) is 23.2 Å². The van der Waals surface area contributed by atoms with E-state index in [4.69, 9.17) is 4.42 Å². The lowest BCUT2D eigenvalue weighted by Crippen LogP contribution is -2.44. The molecule has 0 amide bonds. The van der Waals surface area contributed by atoms with E-state index in [9.17, 15) is 5.11 Å². The van der Waals surface area contributed by atoms with Gasteiger partial charge in [0, 0.05) is 10.9 Å². The number of fused-ring (bicyclic) bond motifs is 1. The molecule has 1 heterocycles. The lowest BCUT2D eigenvalue weighted by atomic mass is 10.0. The molecule has 92 valence electrons. The first-order valence-corrected chi connectivity index (χ1v) is 6.00. The Balaban J connectivity index is 2.09. The molecule has 1 aromatic heterocycles. The average molecular weight is 233 g/mol. The van der Waals surface area contributed by atoms with Crippen molar-refractivity contribution in [2.24, 2.45) is 0 Å². The summed E-state index contributed by atoms with van der Waals surface area (Å²) in [6, 6.07) is 10.00. The summed E-state index contributed by atoms with van der Waals surface area (Å²) in [4.78, 5) is 0. The maximum atomic E-state index is 9.31. The zero-order chi connectivity index (χ0) is 12.3. The molecule has 2 N–H and O–H groups in total. The van der Waals surface area contributed by atoms with Gasteiger partial charge in [-0.1, -0.05) is 25.1 Å². The number of aliphatic hydroxyl groups excluding tert-OH is 1. The van der Waals surface area contributed by atoms with Gasteiger partial charge in [-0.05, 0) is 25.5 Å². The van der Waals surface area contributed by atoms with Crippen LogP contribution < -0.4 is 5.32 Å². The largest absolute Gasteiger partial charge is 0.460 e. The van der Waals surface area contributed by atoms with E-state index in [2.05, 4.69) is 12.2 Å². The van der Waals surface area contributed by atoms with Crippen molar-refractivity contribution in [3.63, 3.8) is 0 Å². The third-order valence-corrected chi connectivity index (χ3v) is 3.30. The van der Waals surface area contributed by atoms with Gasteiger partial charge in [-0.3, -0.25) is 0 Å². The van der Waals surface area contributed by atoms with Crippen molar-refractivity contribution in [2.75, 3.05) is 6.61 Å². The van der Waals surface area contributed by atoms with Gasteiger partial charge in [-0.2, -0.15) is 0 Å². The number of para-hydroxylation sites is 1. The summed E-state index contributed by atoms with van der Waals surface area (Å²) >= 11 is 0. The summed E-state index contributed by atoms with van der Waals surface area (Å²) < 4.78 is 5.71. The Morgan fingerprint density at radius 3 is 2.76 bits per heavy atom. The first-order chi connectivity index (χ1) is 8.17. The van der Waals surface area contributed by atoms with Crippen molar-refractivity contribution >= 4 is 11.0 Å². The summed E-state index contributed by atoms with van der Waals surface area (Å²) in [6.07, 6.45) is 0.879. The van der Waals surface area contributed by atoms with Crippen molar-refractivity contribution in [1.29, 1.82) is 0 Å². The third-order valence-electron chi connectivity index (χ3n) is 3.30. The van der Waals surface area contributed by atoms with Gasteiger partial charge in [-0.15, -0.1) is 0 Å². The Bertz CT molecular complexity index is 453. The van der Waals surface area contributed by atoms with Crippen LogP contribution >= 0.6 is 0 Å². The summed E-state index contributed by atoms with van der Waals surface area (Å²) in [6.45, 7) is 4.83. The van der Waals surface area contributed by atoms with E-state index in [1.165, 1.54) is 0 Å². The Kier molecular flexibility index (Phi) is 3.50. The van der Waals surface area contributed by atoms with Gasteiger partial charge in [0.05, 0.1) is 13.2 Å². The minimum Gasteiger partial charge on any atom is -0.460 e. The lowest BCUT2D eigenvalue weighted by Gasteiger charge is -2.26. The van der Waals surface area contributed by atoms with Crippen LogP contribution in [0.15, 0.2) is 34.7 Å². The van der Waals surface area contributed by atoms with Gasteiger partial charge in [0.1, 0.15) is 11.3 Å². The van der Waals surface area contributed by atoms with Crippen molar-refractivity contribution in [2.45, 2.75) is 32.4 Å². The molecular weight excluding hydrogens is 214 g/mol. The van der Waals surface area contributed by atoms with Gasteiger partial charge in [-0.25, -0.2) is 0 Å². The van der Waals surface area contributed by atoms with Crippen LogP contribution in [-0.2, 0) is 6.54 Å². The monoisotopic (exact) mass is 233 g/mol. The van der Waals surface area contributed by atoms with Crippen molar-refractivity contribution < 1.29 is 9.52 Å². The molecule has 0 fully saturated rings. The highest BCUT2D eigenvalue weighted by atomic mass is 16.3. The highest BCUT2D eigenvalue weighted by Crippen LogP contribution is 2.19. The number of hydrogen-bond donors (Lipinski definition) is 2. The summed E-state index contributed by atoms with van der Waals surface area (Å²) in [5, 5.41) is 13.8. The second-order valence-corrected chi connectivity index (χ2v) is 4.68. The second-order valence-electron chi connectivity index (χ2n) is 4.68. The molecule has 2 rings (SSSR count). The van der Waals surface area contributed by atoms with Crippen LogP contribution in [0.4, 0.5) is 0 Å². The summed E-state index contributed by atoms with van der Waals surface area (Å²) in [5.41, 5.74) is 0.672. The van der Waals surface area contributed by atoms with E-state index in [1.807, 2.05) is 37.3 Å². The molecule has 3 heteroatoms. The Hall–Kier alpha value is -1.32.